The monoisotopic (exact) mass is 271 g/mol. The SMILES string of the molecule is CC(C)C([C]1C=CC=CN1)C(=O)NCc1ccccc1.[HH]. The Labute approximate surface area is 122 Å². The summed E-state index contributed by atoms with van der Waals surface area (Å²) in [4.78, 5) is 12.4. The lowest BCUT2D eigenvalue weighted by Crippen LogP contribution is -2.40. The van der Waals surface area contributed by atoms with Crippen LogP contribution in [0.3, 0.4) is 0 Å². The lowest BCUT2D eigenvalue weighted by molar-refractivity contribution is -0.125. The Morgan fingerprint density at radius 3 is 2.60 bits per heavy atom. The maximum atomic E-state index is 12.4. The van der Waals surface area contributed by atoms with Gasteiger partial charge in [-0.05, 0) is 23.8 Å². The summed E-state index contributed by atoms with van der Waals surface area (Å²) in [7, 11) is 0. The van der Waals surface area contributed by atoms with E-state index in [4.69, 9.17) is 0 Å². The van der Waals surface area contributed by atoms with E-state index in [1.165, 1.54) is 0 Å². The Hall–Kier alpha value is -2.03. The number of nitrogens with one attached hydrogen (secondary N) is 2. The van der Waals surface area contributed by atoms with Crippen molar-refractivity contribution in [1.29, 1.82) is 0 Å². The highest BCUT2D eigenvalue weighted by atomic mass is 16.1. The van der Waals surface area contributed by atoms with Crippen LogP contribution in [0.25, 0.3) is 0 Å². The van der Waals surface area contributed by atoms with Crippen LogP contribution in [0.1, 0.15) is 20.8 Å². The minimum Gasteiger partial charge on any atom is -0.379 e. The second kappa shape index (κ2) is 6.94. The molecule has 0 spiro atoms. The molecular formula is C17H23N2O. The van der Waals surface area contributed by atoms with Crippen molar-refractivity contribution >= 4 is 5.91 Å². The molecule has 20 heavy (non-hydrogen) atoms. The Morgan fingerprint density at radius 2 is 2.00 bits per heavy atom. The zero-order chi connectivity index (χ0) is 14.4. The molecule has 2 N–H and O–H groups in total. The molecule has 3 nitrogen and oxygen atoms in total. The molecule has 0 bridgehead atoms. The average molecular weight is 271 g/mol. The largest absolute Gasteiger partial charge is 0.379 e. The van der Waals surface area contributed by atoms with E-state index in [2.05, 4.69) is 24.5 Å². The summed E-state index contributed by atoms with van der Waals surface area (Å²) in [5.74, 6) is 0.149. The van der Waals surface area contributed by atoms with Gasteiger partial charge in [0.2, 0.25) is 5.91 Å². The molecule has 1 atom stereocenters. The smallest absolute Gasteiger partial charge is 0.226 e. The van der Waals surface area contributed by atoms with Crippen molar-refractivity contribution in [2.24, 2.45) is 11.8 Å². The van der Waals surface area contributed by atoms with Crippen molar-refractivity contribution in [1.82, 2.24) is 10.6 Å². The van der Waals surface area contributed by atoms with Crippen LogP contribution in [0.2, 0.25) is 0 Å². The standard InChI is InChI=1S/C17H21N2O.H2/c1-13(2)16(15-10-6-7-11-18-15)17(20)19-12-14-8-4-3-5-9-14;/h3-11,13,16,18H,12H2,1-2H3,(H,19,20);1H. The first-order chi connectivity index (χ1) is 9.68. The van der Waals surface area contributed by atoms with Gasteiger partial charge in [-0.1, -0.05) is 56.3 Å². The van der Waals surface area contributed by atoms with Crippen molar-refractivity contribution in [2.75, 3.05) is 0 Å². The zero-order valence-corrected chi connectivity index (χ0v) is 12.0. The lowest BCUT2D eigenvalue weighted by atomic mass is 9.86. The summed E-state index contributed by atoms with van der Waals surface area (Å²) in [5, 5.41) is 6.19. The second-order valence-electron chi connectivity index (χ2n) is 5.24. The third kappa shape index (κ3) is 3.73. The molecule has 1 unspecified atom stereocenters. The predicted octanol–water partition coefficient (Wildman–Crippen LogP) is 3.03. The van der Waals surface area contributed by atoms with Crippen molar-refractivity contribution in [3.05, 3.63) is 66.4 Å². The van der Waals surface area contributed by atoms with Crippen LogP contribution in [0.4, 0.5) is 0 Å². The lowest BCUT2D eigenvalue weighted by Gasteiger charge is -2.27. The van der Waals surface area contributed by atoms with Gasteiger partial charge in [0.1, 0.15) is 0 Å². The van der Waals surface area contributed by atoms with Gasteiger partial charge in [0, 0.05) is 7.97 Å². The van der Waals surface area contributed by atoms with Crippen LogP contribution < -0.4 is 10.6 Å². The van der Waals surface area contributed by atoms with Gasteiger partial charge in [-0.2, -0.15) is 0 Å². The van der Waals surface area contributed by atoms with Crippen LogP contribution >= 0.6 is 0 Å². The van der Waals surface area contributed by atoms with E-state index >= 15 is 0 Å². The van der Waals surface area contributed by atoms with Crippen LogP contribution in [0.5, 0.6) is 0 Å². The minimum atomic E-state index is -0.153. The van der Waals surface area contributed by atoms with E-state index in [9.17, 15) is 4.79 Å². The molecule has 0 aromatic heterocycles. The van der Waals surface area contributed by atoms with Crippen LogP contribution in [-0.2, 0) is 11.3 Å². The summed E-state index contributed by atoms with van der Waals surface area (Å²) >= 11 is 0. The third-order valence-electron chi connectivity index (χ3n) is 3.33. The molecular weight excluding hydrogens is 248 g/mol. The highest BCUT2D eigenvalue weighted by Gasteiger charge is 2.30. The maximum absolute atomic E-state index is 12.4. The van der Waals surface area contributed by atoms with Crippen molar-refractivity contribution < 1.29 is 6.22 Å². The van der Waals surface area contributed by atoms with Gasteiger partial charge in [-0.15, -0.1) is 0 Å². The maximum Gasteiger partial charge on any atom is 0.226 e. The molecule has 0 fully saturated rings. The van der Waals surface area contributed by atoms with Crippen LogP contribution in [0.15, 0.2) is 54.8 Å². The summed E-state index contributed by atoms with van der Waals surface area (Å²) in [6.07, 6.45) is 7.69. The quantitative estimate of drug-likeness (QED) is 0.864. The van der Waals surface area contributed by atoms with Crippen molar-refractivity contribution in [3.8, 4) is 0 Å². The average Bonchev–Trinajstić information content (AvgIpc) is 2.47. The van der Waals surface area contributed by atoms with Crippen molar-refractivity contribution in [2.45, 2.75) is 20.4 Å². The number of allylic oxidation sites excluding steroid dienone is 2. The summed E-state index contributed by atoms with van der Waals surface area (Å²) in [6, 6.07) is 10.9. The van der Waals surface area contributed by atoms with Gasteiger partial charge >= 0.3 is 0 Å². The molecule has 0 saturated heterocycles. The first kappa shape index (κ1) is 14.4. The van der Waals surface area contributed by atoms with Gasteiger partial charge in [0.05, 0.1) is 12.0 Å². The number of carbonyl (C=O) groups excluding carboxylic acids is 1. The highest BCUT2D eigenvalue weighted by molar-refractivity contribution is 5.81. The summed E-state index contributed by atoms with van der Waals surface area (Å²) < 4.78 is 0. The minimum absolute atomic E-state index is 0. The molecule has 1 aliphatic rings. The number of hydrogen-bond donors (Lipinski definition) is 2. The fourth-order valence-corrected chi connectivity index (χ4v) is 2.30. The molecule has 107 valence electrons. The van der Waals surface area contributed by atoms with E-state index in [0.29, 0.717) is 6.54 Å². The normalized spacial score (nSPS) is 15.9. The molecule has 0 aliphatic carbocycles. The fourth-order valence-electron chi connectivity index (χ4n) is 2.30. The third-order valence-corrected chi connectivity index (χ3v) is 3.33. The second-order valence-corrected chi connectivity index (χ2v) is 5.24. The first-order valence-corrected chi connectivity index (χ1v) is 6.96. The van der Waals surface area contributed by atoms with E-state index in [1.807, 2.05) is 54.8 Å². The van der Waals surface area contributed by atoms with Gasteiger partial charge in [0.25, 0.3) is 0 Å². The van der Waals surface area contributed by atoms with E-state index in [-0.39, 0.29) is 19.2 Å². The van der Waals surface area contributed by atoms with E-state index in [1.54, 1.807) is 0 Å². The number of benzene rings is 1. The van der Waals surface area contributed by atoms with E-state index in [0.717, 1.165) is 11.6 Å². The molecule has 0 saturated carbocycles. The number of dihydropyridines is 1. The molecule has 1 aromatic rings. The molecule has 1 heterocycles. The van der Waals surface area contributed by atoms with Gasteiger partial charge in [-0.3, -0.25) is 4.79 Å². The summed E-state index contributed by atoms with van der Waals surface area (Å²) in [6.45, 7) is 4.69. The number of rotatable bonds is 5. The highest BCUT2D eigenvalue weighted by Crippen LogP contribution is 2.24. The first-order valence-electron chi connectivity index (χ1n) is 6.96. The zero-order valence-electron chi connectivity index (χ0n) is 12.0. The van der Waals surface area contributed by atoms with E-state index < -0.39 is 0 Å². The number of hydrogen-bond acceptors (Lipinski definition) is 2. The Kier molecular flexibility index (Phi) is 4.99. The van der Waals surface area contributed by atoms with Gasteiger partial charge in [-0.25, -0.2) is 0 Å². The van der Waals surface area contributed by atoms with Crippen LogP contribution in [-0.4, -0.2) is 5.91 Å². The molecule has 3 heteroatoms. The number of amides is 1. The molecule has 1 radical (unpaired) electrons. The Morgan fingerprint density at radius 1 is 1.25 bits per heavy atom. The Balaban J connectivity index is 0.00000220. The van der Waals surface area contributed by atoms with Gasteiger partial charge in [0.15, 0.2) is 0 Å². The predicted molar refractivity (Wildman–Crippen MR) is 83.4 cm³/mol. The van der Waals surface area contributed by atoms with Crippen molar-refractivity contribution in [3.63, 3.8) is 0 Å². The Bertz CT molecular complexity index is 497. The van der Waals surface area contributed by atoms with Crippen LogP contribution in [0, 0.1) is 17.9 Å². The number of carbonyl (C=O) groups is 1. The molecule has 1 aliphatic heterocycles. The molecule has 1 aromatic carbocycles. The molecule has 2 rings (SSSR count). The topological polar surface area (TPSA) is 41.1 Å². The van der Waals surface area contributed by atoms with Gasteiger partial charge < -0.3 is 10.6 Å². The molecule has 1 amide bonds. The fraction of sp³-hybridized carbons (Fsp3) is 0.294. The summed E-state index contributed by atoms with van der Waals surface area (Å²) in [5.41, 5.74) is 1.11.